The molecule has 0 radical (unpaired) electrons. The summed E-state index contributed by atoms with van der Waals surface area (Å²) in [6.45, 7) is 6.33. The molecule has 0 amide bonds. The monoisotopic (exact) mass is 432 g/mol. The summed E-state index contributed by atoms with van der Waals surface area (Å²) >= 11 is 0. The van der Waals surface area contributed by atoms with Gasteiger partial charge in [0.2, 0.25) is 0 Å². The number of hydrogen-bond acceptors (Lipinski definition) is 3. The van der Waals surface area contributed by atoms with Crippen molar-refractivity contribution < 1.29 is 22.3 Å². The lowest BCUT2D eigenvalue weighted by molar-refractivity contribution is -0.146. The minimum atomic E-state index is -4.18. The van der Waals surface area contributed by atoms with E-state index in [1.54, 1.807) is 19.1 Å². The molecule has 1 fully saturated rings. The van der Waals surface area contributed by atoms with Gasteiger partial charge in [0.25, 0.3) is 0 Å². The fraction of sp³-hybridized carbons (Fsp3) is 0.667. The smallest absolute Gasteiger partial charge is 0.380 e. The second kappa shape index (κ2) is 11.5. The zero-order valence-electron chi connectivity index (χ0n) is 17.9. The molecule has 1 saturated heterocycles. The van der Waals surface area contributed by atoms with Crippen LogP contribution in [0.1, 0.15) is 31.4 Å². The van der Waals surface area contributed by atoms with Crippen molar-refractivity contribution in [3.05, 3.63) is 35.1 Å². The van der Waals surface area contributed by atoms with Gasteiger partial charge in [0.1, 0.15) is 5.82 Å². The van der Waals surface area contributed by atoms with Crippen molar-refractivity contribution in [3.8, 4) is 0 Å². The first-order valence-electron chi connectivity index (χ1n) is 10.3. The van der Waals surface area contributed by atoms with Crippen LogP contribution in [0.3, 0.4) is 0 Å². The zero-order chi connectivity index (χ0) is 22.1. The van der Waals surface area contributed by atoms with Gasteiger partial charge < -0.3 is 15.0 Å². The van der Waals surface area contributed by atoms with E-state index >= 15 is 0 Å². The molecule has 1 aliphatic rings. The van der Waals surface area contributed by atoms with Crippen molar-refractivity contribution in [2.75, 3.05) is 46.4 Å². The van der Waals surface area contributed by atoms with Gasteiger partial charge in [-0.25, -0.2) is 9.38 Å². The molecule has 1 heterocycles. The van der Waals surface area contributed by atoms with E-state index < -0.39 is 12.7 Å². The number of methoxy groups -OCH3 is 1. The molecule has 0 saturated carbocycles. The number of guanidine groups is 1. The standard InChI is InChI=1S/C21H32F4N4O/c1-4-26-20(27-11-16-6-7-19(22)18(10-16)14-30-3)29-9-8-17(13-29)12-28(5-2)15-21(23,24)25/h6-7,10,17H,4-5,8-9,11-15H2,1-3H3,(H,26,27). The van der Waals surface area contributed by atoms with Crippen LogP contribution in [0.4, 0.5) is 17.6 Å². The molecular weight excluding hydrogens is 400 g/mol. The quantitative estimate of drug-likeness (QED) is 0.368. The van der Waals surface area contributed by atoms with Crippen LogP contribution in [0, 0.1) is 11.7 Å². The van der Waals surface area contributed by atoms with Gasteiger partial charge in [0.05, 0.1) is 19.7 Å². The number of alkyl halides is 3. The molecule has 9 heteroatoms. The Labute approximate surface area is 176 Å². The molecule has 0 aromatic heterocycles. The van der Waals surface area contributed by atoms with E-state index in [9.17, 15) is 17.6 Å². The Kier molecular flexibility index (Phi) is 9.36. The molecule has 0 spiro atoms. The minimum Gasteiger partial charge on any atom is -0.380 e. The van der Waals surface area contributed by atoms with Crippen LogP contribution >= 0.6 is 0 Å². The molecule has 1 unspecified atom stereocenters. The molecule has 1 atom stereocenters. The van der Waals surface area contributed by atoms with Crippen molar-refractivity contribution in [2.45, 2.75) is 39.6 Å². The number of rotatable bonds is 9. The van der Waals surface area contributed by atoms with Gasteiger partial charge >= 0.3 is 6.18 Å². The highest BCUT2D eigenvalue weighted by atomic mass is 19.4. The Morgan fingerprint density at radius 1 is 1.33 bits per heavy atom. The first kappa shape index (κ1) is 24.4. The fourth-order valence-electron chi connectivity index (χ4n) is 3.68. The van der Waals surface area contributed by atoms with Crippen LogP contribution in [0.15, 0.2) is 23.2 Å². The SMILES string of the molecule is CCNC(=NCc1ccc(F)c(COC)c1)N1CCC(CN(CC)CC(F)(F)F)C1. The van der Waals surface area contributed by atoms with Crippen LogP contribution in [0.25, 0.3) is 0 Å². The minimum absolute atomic E-state index is 0.162. The Balaban J connectivity index is 2.00. The second-order valence-electron chi connectivity index (χ2n) is 7.57. The fourth-order valence-corrected chi connectivity index (χ4v) is 3.68. The summed E-state index contributed by atoms with van der Waals surface area (Å²) < 4.78 is 57.0. The predicted molar refractivity (Wildman–Crippen MR) is 110 cm³/mol. The lowest BCUT2D eigenvalue weighted by Gasteiger charge is -2.26. The molecule has 5 nitrogen and oxygen atoms in total. The van der Waals surface area contributed by atoms with Crippen molar-refractivity contribution in [1.29, 1.82) is 0 Å². The summed E-state index contributed by atoms with van der Waals surface area (Å²) in [6.07, 6.45) is -3.35. The van der Waals surface area contributed by atoms with Crippen molar-refractivity contribution in [1.82, 2.24) is 15.1 Å². The average Bonchev–Trinajstić information content (AvgIpc) is 3.14. The number of nitrogens with one attached hydrogen (secondary N) is 1. The van der Waals surface area contributed by atoms with Crippen molar-refractivity contribution >= 4 is 5.96 Å². The second-order valence-corrected chi connectivity index (χ2v) is 7.57. The predicted octanol–water partition coefficient (Wildman–Crippen LogP) is 3.64. The van der Waals surface area contributed by atoms with Gasteiger partial charge in [-0.15, -0.1) is 0 Å². The van der Waals surface area contributed by atoms with E-state index in [1.807, 2.05) is 6.92 Å². The van der Waals surface area contributed by atoms with E-state index in [2.05, 4.69) is 15.2 Å². The lowest BCUT2D eigenvalue weighted by Crippen LogP contribution is -2.41. The summed E-state index contributed by atoms with van der Waals surface area (Å²) in [7, 11) is 1.52. The number of ether oxygens (including phenoxy) is 1. The highest BCUT2D eigenvalue weighted by Gasteiger charge is 2.33. The van der Waals surface area contributed by atoms with Gasteiger partial charge in [-0.2, -0.15) is 13.2 Å². The first-order valence-corrected chi connectivity index (χ1v) is 10.3. The number of hydrogen-bond donors (Lipinski definition) is 1. The zero-order valence-corrected chi connectivity index (χ0v) is 17.9. The number of halogens is 4. The van der Waals surface area contributed by atoms with Gasteiger partial charge in [0.15, 0.2) is 5.96 Å². The van der Waals surface area contributed by atoms with Crippen LogP contribution in [-0.2, 0) is 17.9 Å². The van der Waals surface area contributed by atoms with Crippen molar-refractivity contribution in [2.24, 2.45) is 10.9 Å². The molecular formula is C21H32F4N4O. The third-order valence-corrected chi connectivity index (χ3v) is 5.11. The summed E-state index contributed by atoms with van der Waals surface area (Å²) in [5.41, 5.74) is 1.36. The molecule has 170 valence electrons. The maximum absolute atomic E-state index is 13.8. The molecule has 1 aromatic rings. The Morgan fingerprint density at radius 2 is 2.10 bits per heavy atom. The normalized spacial score (nSPS) is 17.8. The molecule has 1 N–H and O–H groups in total. The third kappa shape index (κ3) is 7.75. The van der Waals surface area contributed by atoms with Crippen LogP contribution < -0.4 is 5.32 Å². The van der Waals surface area contributed by atoms with Gasteiger partial charge in [-0.3, -0.25) is 4.90 Å². The van der Waals surface area contributed by atoms with E-state index in [-0.39, 0.29) is 18.3 Å². The molecule has 0 aliphatic carbocycles. The third-order valence-electron chi connectivity index (χ3n) is 5.11. The summed E-state index contributed by atoms with van der Waals surface area (Å²) in [6, 6.07) is 4.86. The van der Waals surface area contributed by atoms with E-state index in [0.717, 1.165) is 24.5 Å². The van der Waals surface area contributed by atoms with E-state index in [0.29, 0.717) is 38.3 Å². The van der Waals surface area contributed by atoms with Gasteiger partial charge in [-0.1, -0.05) is 13.0 Å². The maximum atomic E-state index is 13.8. The van der Waals surface area contributed by atoms with E-state index in [4.69, 9.17) is 4.74 Å². The van der Waals surface area contributed by atoms with Crippen LogP contribution in [0.2, 0.25) is 0 Å². The summed E-state index contributed by atoms with van der Waals surface area (Å²) in [4.78, 5) is 8.21. The molecule has 1 aromatic carbocycles. The van der Waals surface area contributed by atoms with Gasteiger partial charge in [-0.05, 0) is 43.5 Å². The van der Waals surface area contributed by atoms with Crippen LogP contribution in [0.5, 0.6) is 0 Å². The lowest BCUT2D eigenvalue weighted by atomic mass is 10.1. The summed E-state index contributed by atoms with van der Waals surface area (Å²) in [5.74, 6) is 0.588. The number of likely N-dealkylation sites (tertiary alicyclic amines) is 1. The average molecular weight is 433 g/mol. The van der Waals surface area contributed by atoms with Crippen LogP contribution in [-0.4, -0.2) is 68.3 Å². The van der Waals surface area contributed by atoms with Crippen molar-refractivity contribution in [3.63, 3.8) is 0 Å². The highest BCUT2D eigenvalue weighted by molar-refractivity contribution is 5.80. The summed E-state index contributed by atoms with van der Waals surface area (Å²) in [5, 5.41) is 3.26. The number of benzene rings is 1. The Hall–Kier alpha value is -1.87. The topological polar surface area (TPSA) is 40.1 Å². The Bertz CT molecular complexity index is 696. The maximum Gasteiger partial charge on any atom is 0.401 e. The molecule has 30 heavy (non-hydrogen) atoms. The molecule has 0 bridgehead atoms. The highest BCUT2D eigenvalue weighted by Crippen LogP contribution is 2.22. The van der Waals surface area contributed by atoms with E-state index in [1.165, 1.54) is 18.1 Å². The Morgan fingerprint density at radius 3 is 2.73 bits per heavy atom. The first-order chi connectivity index (χ1) is 14.3. The number of aliphatic imine (C=N–C) groups is 1. The van der Waals surface area contributed by atoms with Gasteiger partial charge in [0, 0.05) is 38.9 Å². The molecule has 2 rings (SSSR count). The number of nitrogens with zero attached hydrogens (tertiary/aromatic N) is 3. The molecule has 1 aliphatic heterocycles. The largest absolute Gasteiger partial charge is 0.401 e.